The molecule has 1 amide bonds. The third-order valence-electron chi connectivity index (χ3n) is 3.54. The number of allylic oxidation sites excluding steroid dienone is 1. The van der Waals surface area contributed by atoms with Crippen molar-refractivity contribution in [2.45, 2.75) is 6.92 Å². The van der Waals surface area contributed by atoms with E-state index < -0.39 is 10.8 Å². The van der Waals surface area contributed by atoms with E-state index in [0.29, 0.717) is 11.4 Å². The highest BCUT2D eigenvalue weighted by molar-refractivity contribution is 6.04. The number of benzene rings is 2. The molecule has 146 valence electrons. The monoisotopic (exact) mass is 386 g/mol. The van der Waals surface area contributed by atoms with Gasteiger partial charge in [0.25, 0.3) is 11.6 Å². The molecule has 28 heavy (non-hydrogen) atoms. The number of amides is 1. The summed E-state index contributed by atoms with van der Waals surface area (Å²) in [5.74, 6) is -0.552. The molecule has 0 aliphatic rings. The van der Waals surface area contributed by atoms with Gasteiger partial charge in [0.1, 0.15) is 17.2 Å². The Morgan fingerprint density at radius 2 is 1.82 bits per heavy atom. The number of aliphatic hydroxyl groups is 1. The molecule has 0 aromatic heterocycles. The molecular formula is C18H18N4O6. The number of nitro benzene ring substituents is 1. The summed E-state index contributed by atoms with van der Waals surface area (Å²) in [7, 11) is 2.78. The number of non-ortho nitro benzene ring substituents is 1. The Bertz CT molecular complexity index is 951. The number of ether oxygens (including phenoxy) is 2. The zero-order valence-electron chi connectivity index (χ0n) is 15.4. The van der Waals surface area contributed by atoms with Crippen LogP contribution in [0.3, 0.4) is 0 Å². The van der Waals surface area contributed by atoms with Crippen molar-refractivity contribution >= 4 is 23.0 Å². The summed E-state index contributed by atoms with van der Waals surface area (Å²) in [6.45, 7) is 1.28. The van der Waals surface area contributed by atoms with Crippen LogP contribution in [0.25, 0.3) is 0 Å². The second-order valence-electron chi connectivity index (χ2n) is 5.40. The lowest BCUT2D eigenvalue weighted by Crippen LogP contribution is -2.15. The number of anilines is 1. The lowest BCUT2D eigenvalue weighted by Gasteiger charge is -2.10. The topological polar surface area (TPSA) is 136 Å². The largest absolute Gasteiger partial charge is 0.510 e. The van der Waals surface area contributed by atoms with Crippen molar-refractivity contribution in [2.75, 3.05) is 19.5 Å². The van der Waals surface area contributed by atoms with Crippen molar-refractivity contribution in [3.05, 3.63) is 64.0 Å². The predicted molar refractivity (Wildman–Crippen MR) is 101 cm³/mol. The molecule has 2 aromatic carbocycles. The minimum atomic E-state index is -0.714. The highest BCUT2D eigenvalue weighted by Crippen LogP contribution is 2.32. The minimum absolute atomic E-state index is 0.0954. The summed E-state index contributed by atoms with van der Waals surface area (Å²) in [5, 5.41) is 30.9. The first kappa shape index (κ1) is 20.4. The Morgan fingerprint density at radius 3 is 2.43 bits per heavy atom. The number of nitro groups is 1. The van der Waals surface area contributed by atoms with Gasteiger partial charge in [0.2, 0.25) is 0 Å². The molecule has 0 unspecified atom stereocenters. The molecule has 0 saturated heterocycles. The SMILES string of the molecule is COc1cc([N+](=O)[O-])ccc1N=N/C(C(=O)Nc1ccccc1OC)=C(/C)O. The maximum absolute atomic E-state index is 12.5. The van der Waals surface area contributed by atoms with Crippen LogP contribution in [-0.2, 0) is 4.79 Å². The van der Waals surface area contributed by atoms with Gasteiger partial charge in [-0.15, -0.1) is 10.2 Å². The maximum atomic E-state index is 12.5. The fraction of sp³-hybridized carbons (Fsp3) is 0.167. The van der Waals surface area contributed by atoms with E-state index >= 15 is 0 Å². The lowest BCUT2D eigenvalue weighted by atomic mass is 10.2. The number of hydrogen-bond acceptors (Lipinski definition) is 8. The van der Waals surface area contributed by atoms with Crippen LogP contribution in [0.4, 0.5) is 17.1 Å². The highest BCUT2D eigenvalue weighted by atomic mass is 16.6. The molecular weight excluding hydrogens is 368 g/mol. The van der Waals surface area contributed by atoms with Crippen molar-refractivity contribution in [1.29, 1.82) is 0 Å². The van der Waals surface area contributed by atoms with E-state index in [0.717, 1.165) is 0 Å². The van der Waals surface area contributed by atoms with Gasteiger partial charge in [-0.3, -0.25) is 14.9 Å². The zero-order valence-corrected chi connectivity index (χ0v) is 15.4. The third-order valence-corrected chi connectivity index (χ3v) is 3.54. The number of nitrogens with one attached hydrogen (secondary N) is 1. The van der Waals surface area contributed by atoms with Crippen LogP contribution in [0, 0.1) is 10.1 Å². The number of methoxy groups -OCH3 is 2. The first-order chi connectivity index (χ1) is 13.4. The van der Waals surface area contributed by atoms with Crippen LogP contribution in [-0.4, -0.2) is 30.2 Å². The quantitative estimate of drug-likeness (QED) is 0.241. The number of nitrogens with zero attached hydrogens (tertiary/aromatic N) is 3. The van der Waals surface area contributed by atoms with Gasteiger partial charge >= 0.3 is 0 Å². The van der Waals surface area contributed by atoms with Gasteiger partial charge in [-0.25, -0.2) is 0 Å². The Hall–Kier alpha value is -3.95. The molecule has 2 rings (SSSR count). The first-order valence-corrected chi connectivity index (χ1v) is 7.95. The summed E-state index contributed by atoms with van der Waals surface area (Å²) in [6, 6.07) is 10.5. The molecule has 2 N–H and O–H groups in total. The number of azo groups is 1. The number of hydrogen-bond donors (Lipinski definition) is 2. The van der Waals surface area contributed by atoms with Crippen LogP contribution < -0.4 is 14.8 Å². The van der Waals surface area contributed by atoms with Gasteiger partial charge in [-0.1, -0.05) is 12.1 Å². The van der Waals surface area contributed by atoms with Gasteiger partial charge in [0.15, 0.2) is 11.4 Å². The molecule has 0 saturated carbocycles. The van der Waals surface area contributed by atoms with Crippen LogP contribution in [0.2, 0.25) is 0 Å². The van der Waals surface area contributed by atoms with Gasteiger partial charge < -0.3 is 19.9 Å². The van der Waals surface area contributed by atoms with E-state index in [9.17, 15) is 20.0 Å². The average molecular weight is 386 g/mol. The van der Waals surface area contributed by atoms with E-state index in [1.807, 2.05) is 0 Å². The molecule has 0 atom stereocenters. The van der Waals surface area contributed by atoms with Crippen molar-refractivity contribution < 1.29 is 24.3 Å². The van der Waals surface area contributed by atoms with E-state index in [2.05, 4.69) is 15.5 Å². The molecule has 10 nitrogen and oxygen atoms in total. The number of rotatable bonds is 7. The van der Waals surface area contributed by atoms with Gasteiger partial charge in [0.05, 0.1) is 30.9 Å². The number of carbonyl (C=O) groups excluding carboxylic acids is 1. The smallest absolute Gasteiger partial charge is 0.279 e. The Morgan fingerprint density at radius 1 is 1.14 bits per heavy atom. The average Bonchev–Trinajstić information content (AvgIpc) is 2.68. The standard InChI is InChI=1S/C18H18N4O6/c1-11(23)17(18(24)19-13-6-4-5-7-15(13)27-2)21-20-14-9-8-12(22(25)26)10-16(14)28-3/h4-10,23H,1-3H3,(H,19,24)/b17-11-,21-20?. The second kappa shape index (κ2) is 9.12. The molecule has 0 fully saturated rings. The summed E-state index contributed by atoms with van der Waals surface area (Å²) < 4.78 is 10.2. The van der Waals surface area contributed by atoms with Crippen LogP contribution in [0.1, 0.15) is 6.92 Å². The van der Waals surface area contributed by atoms with Gasteiger partial charge in [-0.2, -0.15) is 0 Å². The number of carbonyl (C=O) groups is 1. The van der Waals surface area contributed by atoms with E-state index in [1.54, 1.807) is 24.3 Å². The van der Waals surface area contributed by atoms with Crippen LogP contribution >= 0.6 is 0 Å². The third kappa shape index (κ3) is 4.81. The summed E-state index contributed by atoms with van der Waals surface area (Å²) >= 11 is 0. The van der Waals surface area contributed by atoms with E-state index in [4.69, 9.17) is 9.47 Å². The number of aliphatic hydroxyl groups excluding tert-OH is 1. The fourth-order valence-corrected chi connectivity index (χ4v) is 2.18. The molecule has 0 aliphatic carbocycles. The fourth-order valence-electron chi connectivity index (χ4n) is 2.18. The molecule has 0 radical (unpaired) electrons. The summed E-state index contributed by atoms with van der Waals surface area (Å²) in [6.07, 6.45) is 0. The molecule has 0 spiro atoms. The summed E-state index contributed by atoms with van der Waals surface area (Å²) in [5.41, 5.74) is 0.0129. The van der Waals surface area contributed by atoms with Crippen molar-refractivity contribution in [1.82, 2.24) is 0 Å². The van der Waals surface area contributed by atoms with Crippen molar-refractivity contribution in [2.24, 2.45) is 10.2 Å². The van der Waals surface area contributed by atoms with E-state index in [-0.39, 0.29) is 28.6 Å². The van der Waals surface area contributed by atoms with Crippen molar-refractivity contribution in [3.63, 3.8) is 0 Å². The highest BCUT2D eigenvalue weighted by Gasteiger charge is 2.16. The second-order valence-corrected chi connectivity index (χ2v) is 5.40. The van der Waals surface area contributed by atoms with Crippen LogP contribution in [0.15, 0.2) is 64.1 Å². The maximum Gasteiger partial charge on any atom is 0.279 e. The molecule has 10 heteroatoms. The number of para-hydroxylation sites is 2. The van der Waals surface area contributed by atoms with Crippen molar-refractivity contribution in [3.8, 4) is 11.5 Å². The zero-order chi connectivity index (χ0) is 20.7. The Labute approximate surface area is 160 Å². The Kier molecular flexibility index (Phi) is 6.63. The predicted octanol–water partition coefficient (Wildman–Crippen LogP) is 4.12. The molecule has 0 heterocycles. The van der Waals surface area contributed by atoms with E-state index in [1.165, 1.54) is 39.3 Å². The normalized spacial score (nSPS) is 11.7. The molecule has 0 aliphatic heterocycles. The first-order valence-electron chi connectivity index (χ1n) is 7.95. The molecule has 2 aromatic rings. The lowest BCUT2D eigenvalue weighted by molar-refractivity contribution is -0.384. The van der Waals surface area contributed by atoms with Crippen LogP contribution in [0.5, 0.6) is 11.5 Å². The van der Waals surface area contributed by atoms with Gasteiger partial charge in [-0.05, 0) is 25.1 Å². The van der Waals surface area contributed by atoms with Gasteiger partial charge in [0, 0.05) is 6.07 Å². The minimum Gasteiger partial charge on any atom is -0.510 e. The summed E-state index contributed by atoms with van der Waals surface area (Å²) in [4.78, 5) is 22.7. The Balaban J connectivity index is 2.29. The molecule has 0 bridgehead atoms.